The van der Waals surface area contributed by atoms with E-state index in [-0.39, 0.29) is 18.1 Å². The first kappa shape index (κ1) is 18.5. The van der Waals surface area contributed by atoms with Gasteiger partial charge in [-0.15, -0.1) is 0 Å². The molecule has 2 rings (SSSR count). The van der Waals surface area contributed by atoms with Gasteiger partial charge in [0.15, 0.2) is 5.69 Å². The maximum atomic E-state index is 12.3. The second-order valence-electron chi connectivity index (χ2n) is 5.82. The van der Waals surface area contributed by atoms with E-state index < -0.39 is 11.4 Å². The number of rotatable bonds is 8. The van der Waals surface area contributed by atoms with Crippen LogP contribution in [-0.4, -0.2) is 40.4 Å². The lowest BCUT2D eigenvalue weighted by molar-refractivity contribution is -0.149. The van der Waals surface area contributed by atoms with Crippen molar-refractivity contribution in [3.63, 3.8) is 0 Å². The Morgan fingerprint density at radius 1 is 1.20 bits per heavy atom. The minimum atomic E-state index is -0.950. The summed E-state index contributed by atoms with van der Waals surface area (Å²) in [6.07, 6.45) is 2.57. The summed E-state index contributed by atoms with van der Waals surface area (Å²) in [5.74, 6) is -0.556. The van der Waals surface area contributed by atoms with Crippen molar-refractivity contribution >= 4 is 11.9 Å². The molecule has 2 aromatic rings. The van der Waals surface area contributed by atoms with Crippen LogP contribution in [0.25, 0.3) is 5.69 Å². The van der Waals surface area contributed by atoms with Crippen molar-refractivity contribution in [2.75, 3.05) is 13.7 Å². The van der Waals surface area contributed by atoms with Crippen LogP contribution in [0, 0.1) is 5.41 Å². The number of benzene rings is 1. The Morgan fingerprint density at radius 3 is 2.36 bits per heavy atom. The molecular formula is C18H23N3O4. The highest BCUT2D eigenvalue weighted by atomic mass is 16.5. The molecule has 0 aliphatic heterocycles. The number of amides is 1. The molecule has 134 valence electrons. The Morgan fingerprint density at radius 2 is 1.84 bits per heavy atom. The zero-order chi connectivity index (χ0) is 18.4. The lowest BCUT2D eigenvalue weighted by Crippen LogP contribution is -2.42. The van der Waals surface area contributed by atoms with Gasteiger partial charge in [-0.2, -0.15) is 5.10 Å². The summed E-state index contributed by atoms with van der Waals surface area (Å²) < 4.78 is 6.69. The third-order valence-electron chi connectivity index (χ3n) is 4.55. The number of ether oxygens (including phenoxy) is 1. The highest BCUT2D eigenvalue weighted by molar-refractivity contribution is 5.92. The van der Waals surface area contributed by atoms with Crippen LogP contribution in [0.2, 0.25) is 0 Å². The topological polar surface area (TPSA) is 93.5 Å². The maximum Gasteiger partial charge on any atom is 0.311 e. The standard InChI is InChI=1S/C18H23N3O4/c1-4-18(5-2,17(23)24)12-19-16(22)15-10-11-21(20-15)13-6-8-14(25-3)9-7-13/h6-11H,4-5,12H2,1-3H3,(H,19,22)(H,23,24). The second kappa shape index (κ2) is 7.83. The van der Waals surface area contributed by atoms with E-state index in [9.17, 15) is 14.7 Å². The summed E-state index contributed by atoms with van der Waals surface area (Å²) in [5.41, 5.74) is 0.0814. The minimum absolute atomic E-state index is 0.0730. The van der Waals surface area contributed by atoms with Crippen LogP contribution >= 0.6 is 0 Å². The van der Waals surface area contributed by atoms with Crippen LogP contribution in [-0.2, 0) is 4.79 Å². The number of aliphatic carboxylic acids is 1. The molecule has 2 N–H and O–H groups in total. The largest absolute Gasteiger partial charge is 0.497 e. The average molecular weight is 345 g/mol. The van der Waals surface area contributed by atoms with Crippen molar-refractivity contribution in [3.05, 3.63) is 42.2 Å². The molecule has 0 unspecified atom stereocenters. The molecule has 1 aromatic heterocycles. The van der Waals surface area contributed by atoms with Crippen molar-refractivity contribution in [3.8, 4) is 11.4 Å². The van der Waals surface area contributed by atoms with Gasteiger partial charge >= 0.3 is 5.97 Å². The van der Waals surface area contributed by atoms with Gasteiger partial charge in [-0.1, -0.05) is 13.8 Å². The van der Waals surface area contributed by atoms with E-state index in [0.29, 0.717) is 12.8 Å². The van der Waals surface area contributed by atoms with Crippen molar-refractivity contribution < 1.29 is 19.4 Å². The van der Waals surface area contributed by atoms with Gasteiger partial charge in [-0.3, -0.25) is 9.59 Å². The Hall–Kier alpha value is -2.83. The van der Waals surface area contributed by atoms with E-state index in [2.05, 4.69) is 10.4 Å². The van der Waals surface area contributed by atoms with Gasteiger partial charge in [-0.25, -0.2) is 4.68 Å². The summed E-state index contributed by atoms with van der Waals surface area (Å²) in [4.78, 5) is 23.8. The first-order valence-electron chi connectivity index (χ1n) is 8.17. The Kier molecular flexibility index (Phi) is 5.80. The van der Waals surface area contributed by atoms with E-state index in [4.69, 9.17) is 4.74 Å². The summed E-state index contributed by atoms with van der Waals surface area (Å²) in [7, 11) is 1.59. The fourth-order valence-corrected chi connectivity index (χ4v) is 2.54. The van der Waals surface area contributed by atoms with Crippen LogP contribution in [0.3, 0.4) is 0 Å². The van der Waals surface area contributed by atoms with Crippen LogP contribution in [0.15, 0.2) is 36.5 Å². The molecule has 1 heterocycles. The predicted octanol–water partition coefficient (Wildman–Crippen LogP) is 2.50. The van der Waals surface area contributed by atoms with Gasteiger partial charge in [0.05, 0.1) is 18.2 Å². The lowest BCUT2D eigenvalue weighted by atomic mass is 9.82. The maximum absolute atomic E-state index is 12.3. The molecule has 25 heavy (non-hydrogen) atoms. The lowest BCUT2D eigenvalue weighted by Gasteiger charge is -2.26. The van der Waals surface area contributed by atoms with Gasteiger partial charge in [0.1, 0.15) is 5.75 Å². The fraction of sp³-hybridized carbons (Fsp3) is 0.389. The van der Waals surface area contributed by atoms with Crippen molar-refractivity contribution in [1.29, 1.82) is 0 Å². The number of nitrogens with one attached hydrogen (secondary N) is 1. The van der Waals surface area contributed by atoms with Crippen LogP contribution in [0.1, 0.15) is 37.2 Å². The number of hydrogen-bond donors (Lipinski definition) is 2. The quantitative estimate of drug-likeness (QED) is 0.767. The highest BCUT2D eigenvalue weighted by Crippen LogP contribution is 2.25. The Bertz CT molecular complexity index is 733. The van der Waals surface area contributed by atoms with Crippen molar-refractivity contribution in [1.82, 2.24) is 15.1 Å². The number of carboxylic acids is 1. The SMILES string of the molecule is CCC(CC)(CNC(=O)c1ccn(-c2ccc(OC)cc2)n1)C(=O)O. The first-order valence-corrected chi connectivity index (χ1v) is 8.17. The highest BCUT2D eigenvalue weighted by Gasteiger charge is 2.35. The summed E-state index contributed by atoms with van der Waals surface area (Å²) in [6.45, 7) is 3.69. The van der Waals surface area contributed by atoms with Crippen LogP contribution in [0.5, 0.6) is 5.75 Å². The van der Waals surface area contributed by atoms with Crippen LogP contribution in [0.4, 0.5) is 0 Å². The second-order valence-corrected chi connectivity index (χ2v) is 5.82. The molecule has 0 bridgehead atoms. The number of carbonyl (C=O) groups is 2. The Labute approximate surface area is 146 Å². The van der Waals surface area contributed by atoms with E-state index >= 15 is 0 Å². The zero-order valence-corrected chi connectivity index (χ0v) is 14.7. The summed E-state index contributed by atoms with van der Waals surface area (Å²) in [6, 6.07) is 8.87. The van der Waals surface area contributed by atoms with Crippen molar-refractivity contribution in [2.45, 2.75) is 26.7 Å². The van der Waals surface area contributed by atoms with Crippen molar-refractivity contribution in [2.24, 2.45) is 5.41 Å². The molecule has 1 amide bonds. The molecule has 0 saturated heterocycles. The normalized spacial score (nSPS) is 11.2. The molecule has 0 aliphatic carbocycles. The number of methoxy groups -OCH3 is 1. The molecular weight excluding hydrogens is 322 g/mol. The van der Waals surface area contributed by atoms with Gasteiger partial charge in [0, 0.05) is 12.7 Å². The molecule has 7 nitrogen and oxygen atoms in total. The van der Waals surface area contributed by atoms with E-state index in [0.717, 1.165) is 11.4 Å². The first-order chi connectivity index (χ1) is 12.0. The number of carbonyl (C=O) groups excluding carboxylic acids is 1. The number of aromatic nitrogens is 2. The smallest absolute Gasteiger partial charge is 0.311 e. The molecule has 0 fully saturated rings. The van der Waals surface area contributed by atoms with E-state index in [1.807, 2.05) is 26.0 Å². The number of nitrogens with zero attached hydrogens (tertiary/aromatic N) is 2. The molecule has 0 saturated carbocycles. The fourth-order valence-electron chi connectivity index (χ4n) is 2.54. The summed E-state index contributed by atoms with van der Waals surface area (Å²) >= 11 is 0. The third-order valence-corrected chi connectivity index (χ3v) is 4.55. The molecule has 0 spiro atoms. The zero-order valence-electron chi connectivity index (χ0n) is 14.7. The average Bonchev–Trinajstić information content (AvgIpc) is 3.13. The number of carboxylic acid groups (broad SMARTS) is 1. The molecule has 0 radical (unpaired) electrons. The molecule has 1 aromatic carbocycles. The van der Waals surface area contributed by atoms with Gasteiger partial charge in [0.25, 0.3) is 5.91 Å². The molecule has 0 atom stereocenters. The monoisotopic (exact) mass is 345 g/mol. The molecule has 7 heteroatoms. The summed E-state index contributed by atoms with van der Waals surface area (Å²) in [5, 5.41) is 16.4. The Balaban J connectivity index is 2.08. The van der Waals surface area contributed by atoms with E-state index in [1.54, 1.807) is 36.2 Å². The van der Waals surface area contributed by atoms with Crippen LogP contribution < -0.4 is 10.1 Å². The predicted molar refractivity (Wildman–Crippen MR) is 93.1 cm³/mol. The minimum Gasteiger partial charge on any atom is -0.497 e. The van der Waals surface area contributed by atoms with E-state index in [1.165, 1.54) is 0 Å². The van der Waals surface area contributed by atoms with Gasteiger partial charge < -0.3 is 15.2 Å². The third kappa shape index (κ3) is 3.99. The molecule has 0 aliphatic rings. The van der Waals surface area contributed by atoms with Gasteiger partial charge in [0.2, 0.25) is 0 Å². The van der Waals surface area contributed by atoms with Gasteiger partial charge in [-0.05, 0) is 43.2 Å². The number of hydrogen-bond acceptors (Lipinski definition) is 4.